The van der Waals surface area contributed by atoms with Crippen molar-refractivity contribution in [3.63, 3.8) is 0 Å². The SMILES string of the molecule is C[C@@H]1CN[C@@H](C2CC2)C(=O)N(C)[C@H](C)C(=O)N[C@H](Cc2ccc(C#N)cc2)C(=O)NCCCc2ccccc2O1. The number of carbonyl (C=O) groups excluding carboxylic acids is 3. The van der Waals surface area contributed by atoms with Crippen molar-refractivity contribution in [2.24, 2.45) is 5.92 Å². The highest BCUT2D eigenvalue weighted by Gasteiger charge is 2.39. The van der Waals surface area contributed by atoms with Crippen LogP contribution in [0.25, 0.3) is 0 Å². The lowest BCUT2D eigenvalue weighted by atomic mass is 10.0. The van der Waals surface area contributed by atoms with Crippen molar-refractivity contribution < 1.29 is 19.1 Å². The van der Waals surface area contributed by atoms with Gasteiger partial charge in [0.2, 0.25) is 17.7 Å². The molecule has 212 valence electrons. The van der Waals surface area contributed by atoms with Crippen LogP contribution in [0.2, 0.25) is 0 Å². The Labute approximate surface area is 236 Å². The van der Waals surface area contributed by atoms with Crippen LogP contribution in [0.15, 0.2) is 48.5 Å². The van der Waals surface area contributed by atoms with Crippen molar-refractivity contribution in [1.82, 2.24) is 20.9 Å². The van der Waals surface area contributed by atoms with Gasteiger partial charge in [0.1, 0.15) is 23.9 Å². The minimum absolute atomic E-state index is 0.146. The van der Waals surface area contributed by atoms with Crippen LogP contribution >= 0.6 is 0 Å². The Bertz CT molecular complexity index is 1240. The lowest BCUT2D eigenvalue weighted by Gasteiger charge is -2.31. The molecule has 1 fully saturated rings. The maximum atomic E-state index is 13.5. The van der Waals surface area contributed by atoms with Gasteiger partial charge in [-0.25, -0.2) is 0 Å². The Morgan fingerprint density at radius 1 is 1.02 bits per heavy atom. The van der Waals surface area contributed by atoms with E-state index in [0.29, 0.717) is 31.5 Å². The Morgan fingerprint density at radius 3 is 2.45 bits per heavy atom. The molecule has 0 spiro atoms. The smallest absolute Gasteiger partial charge is 0.243 e. The Morgan fingerprint density at radius 2 is 1.75 bits per heavy atom. The summed E-state index contributed by atoms with van der Waals surface area (Å²) in [6, 6.07) is 14.9. The molecule has 0 aromatic heterocycles. The van der Waals surface area contributed by atoms with E-state index in [1.807, 2.05) is 31.2 Å². The molecule has 2 aromatic carbocycles. The number of rotatable bonds is 3. The third-order valence-electron chi connectivity index (χ3n) is 7.67. The molecular weight excluding hydrogens is 506 g/mol. The van der Waals surface area contributed by atoms with Gasteiger partial charge in [-0.2, -0.15) is 5.26 Å². The molecule has 9 heteroatoms. The van der Waals surface area contributed by atoms with Crippen LogP contribution in [-0.2, 0) is 27.2 Å². The van der Waals surface area contributed by atoms with E-state index in [4.69, 9.17) is 10.00 Å². The first-order chi connectivity index (χ1) is 19.3. The first-order valence-electron chi connectivity index (χ1n) is 14.1. The molecule has 0 bridgehead atoms. The van der Waals surface area contributed by atoms with Gasteiger partial charge >= 0.3 is 0 Å². The molecule has 3 amide bonds. The molecule has 1 aliphatic carbocycles. The third kappa shape index (κ3) is 7.60. The molecule has 40 heavy (non-hydrogen) atoms. The van der Waals surface area contributed by atoms with Crippen LogP contribution in [0.3, 0.4) is 0 Å². The van der Waals surface area contributed by atoms with Gasteiger partial charge in [0.05, 0.1) is 17.7 Å². The summed E-state index contributed by atoms with van der Waals surface area (Å²) in [4.78, 5) is 41.6. The number of fused-ring (bicyclic) bond motifs is 1. The molecular formula is C31H39N5O4. The van der Waals surface area contributed by atoms with Gasteiger partial charge in [0.25, 0.3) is 0 Å². The van der Waals surface area contributed by atoms with Crippen molar-refractivity contribution >= 4 is 17.7 Å². The van der Waals surface area contributed by atoms with E-state index in [2.05, 4.69) is 22.0 Å². The van der Waals surface area contributed by atoms with Gasteiger partial charge in [0.15, 0.2) is 0 Å². The highest BCUT2D eigenvalue weighted by atomic mass is 16.5. The van der Waals surface area contributed by atoms with Crippen LogP contribution in [0, 0.1) is 17.2 Å². The zero-order valence-corrected chi connectivity index (χ0v) is 23.5. The van der Waals surface area contributed by atoms with Gasteiger partial charge in [-0.3, -0.25) is 14.4 Å². The summed E-state index contributed by atoms with van der Waals surface area (Å²) in [7, 11) is 1.63. The number of likely N-dealkylation sites (N-methyl/N-ethyl adjacent to an activating group) is 1. The number of hydrogen-bond acceptors (Lipinski definition) is 6. The van der Waals surface area contributed by atoms with E-state index >= 15 is 0 Å². The van der Waals surface area contributed by atoms with E-state index in [1.54, 1.807) is 38.2 Å². The number of ether oxygens (including phenoxy) is 1. The molecule has 0 saturated heterocycles. The van der Waals surface area contributed by atoms with Crippen LogP contribution in [-0.4, -0.2) is 67.0 Å². The van der Waals surface area contributed by atoms with Crippen LogP contribution in [0.4, 0.5) is 0 Å². The molecule has 0 unspecified atom stereocenters. The normalized spacial score (nSPS) is 25.4. The fraction of sp³-hybridized carbons (Fsp3) is 0.484. The average molecular weight is 546 g/mol. The predicted molar refractivity (Wildman–Crippen MR) is 151 cm³/mol. The van der Waals surface area contributed by atoms with Gasteiger partial charge in [-0.15, -0.1) is 0 Å². The molecule has 2 aromatic rings. The fourth-order valence-electron chi connectivity index (χ4n) is 4.91. The first-order valence-corrected chi connectivity index (χ1v) is 14.1. The number of nitrogens with one attached hydrogen (secondary N) is 3. The lowest BCUT2D eigenvalue weighted by molar-refractivity contribution is -0.141. The summed E-state index contributed by atoms with van der Waals surface area (Å²) in [5, 5.41) is 18.4. The number of amides is 3. The Balaban J connectivity index is 1.56. The van der Waals surface area contributed by atoms with Crippen molar-refractivity contribution in [3.8, 4) is 11.8 Å². The van der Waals surface area contributed by atoms with E-state index in [1.165, 1.54) is 4.90 Å². The van der Waals surface area contributed by atoms with Crippen LogP contribution in [0.1, 0.15) is 49.8 Å². The van der Waals surface area contributed by atoms with Gasteiger partial charge in [-0.1, -0.05) is 30.3 Å². The third-order valence-corrected chi connectivity index (χ3v) is 7.67. The summed E-state index contributed by atoms with van der Waals surface area (Å²) in [6.45, 7) is 4.58. The Hall–Kier alpha value is -3.90. The number of carbonyl (C=O) groups is 3. The summed E-state index contributed by atoms with van der Waals surface area (Å²) in [6.07, 6.45) is 3.44. The van der Waals surface area contributed by atoms with Crippen LogP contribution < -0.4 is 20.7 Å². The minimum Gasteiger partial charge on any atom is -0.489 e. The largest absolute Gasteiger partial charge is 0.489 e. The second-order valence-corrected chi connectivity index (χ2v) is 10.9. The van der Waals surface area contributed by atoms with E-state index < -0.39 is 24.0 Å². The van der Waals surface area contributed by atoms with Crippen molar-refractivity contribution in [2.75, 3.05) is 20.1 Å². The number of nitrogens with zero attached hydrogens (tertiary/aromatic N) is 2. The number of aryl methyl sites for hydroxylation is 1. The topological polar surface area (TPSA) is 124 Å². The molecule has 2 aliphatic rings. The first kappa shape index (κ1) is 29.1. The summed E-state index contributed by atoms with van der Waals surface area (Å²) in [5.74, 6) is 0.189. The molecule has 4 rings (SSSR count). The van der Waals surface area contributed by atoms with Crippen molar-refractivity contribution in [2.45, 2.75) is 70.2 Å². The van der Waals surface area contributed by atoms with Gasteiger partial charge < -0.3 is 25.6 Å². The number of para-hydroxylation sites is 1. The highest BCUT2D eigenvalue weighted by Crippen LogP contribution is 2.33. The van der Waals surface area contributed by atoms with E-state index in [-0.39, 0.29) is 30.3 Å². The predicted octanol–water partition coefficient (Wildman–Crippen LogP) is 2.33. The number of hydrogen-bond donors (Lipinski definition) is 3. The zero-order chi connectivity index (χ0) is 28.6. The van der Waals surface area contributed by atoms with E-state index in [9.17, 15) is 14.4 Å². The molecule has 4 atom stereocenters. The summed E-state index contributed by atoms with van der Waals surface area (Å²) < 4.78 is 6.25. The Kier molecular flexibility index (Phi) is 9.78. The van der Waals surface area contributed by atoms with E-state index in [0.717, 1.165) is 29.7 Å². The fourth-order valence-corrected chi connectivity index (χ4v) is 4.91. The monoisotopic (exact) mass is 545 g/mol. The maximum Gasteiger partial charge on any atom is 0.243 e. The van der Waals surface area contributed by atoms with Crippen molar-refractivity contribution in [3.05, 3.63) is 65.2 Å². The maximum absolute atomic E-state index is 13.5. The average Bonchev–Trinajstić information content (AvgIpc) is 3.80. The molecule has 9 nitrogen and oxygen atoms in total. The number of benzene rings is 2. The summed E-state index contributed by atoms with van der Waals surface area (Å²) >= 11 is 0. The molecule has 1 heterocycles. The lowest BCUT2D eigenvalue weighted by Crippen LogP contribution is -2.57. The van der Waals surface area contributed by atoms with Crippen LogP contribution in [0.5, 0.6) is 5.75 Å². The molecule has 3 N–H and O–H groups in total. The molecule has 0 radical (unpaired) electrons. The highest BCUT2D eigenvalue weighted by molar-refractivity contribution is 5.93. The molecule has 1 aliphatic heterocycles. The zero-order valence-electron chi connectivity index (χ0n) is 23.5. The standard InChI is InChI=1S/C31H39N5O4/c1-20-19-34-28(25-14-15-25)31(39)36(3)21(2)29(37)35-26(17-22-10-12-23(18-32)13-11-22)30(38)33-16-6-8-24-7-4-5-9-27(24)40-20/h4-5,7,9-13,20-21,25-26,28,34H,6,8,14-17,19H2,1-3H3,(H,33,38)(H,35,37)/t20-,21-,26-,28+/m1/s1. The second-order valence-electron chi connectivity index (χ2n) is 10.9. The van der Waals surface area contributed by atoms with Crippen molar-refractivity contribution in [1.29, 1.82) is 5.26 Å². The summed E-state index contributed by atoms with van der Waals surface area (Å²) in [5.41, 5.74) is 2.39. The minimum atomic E-state index is -0.834. The van der Waals surface area contributed by atoms with Gasteiger partial charge in [0, 0.05) is 26.6 Å². The quantitative estimate of drug-likeness (QED) is 0.544. The number of nitriles is 1. The molecule has 1 saturated carbocycles. The van der Waals surface area contributed by atoms with Gasteiger partial charge in [-0.05, 0) is 74.8 Å². The second kappa shape index (κ2) is 13.4.